The third kappa shape index (κ3) is 5.06. The van der Waals surface area contributed by atoms with Crippen LogP contribution in [0.2, 0.25) is 0 Å². The lowest BCUT2D eigenvalue weighted by Crippen LogP contribution is -2.43. The molecule has 2 aromatic rings. The smallest absolute Gasteiger partial charge is 0.321 e. The number of nitrogens with one attached hydrogen (secondary N) is 2. The average molecular weight is 361 g/mol. The number of urea groups is 1. The van der Waals surface area contributed by atoms with Crippen LogP contribution in [0.4, 0.5) is 4.79 Å². The second-order valence-electron chi connectivity index (χ2n) is 5.80. The maximum absolute atomic E-state index is 11.9. The molecule has 1 heterocycles. The summed E-state index contributed by atoms with van der Waals surface area (Å²) in [6.45, 7) is 5.86. The first-order valence-corrected chi connectivity index (χ1v) is 9.09. The SMILES string of the molecule is CC[C@@H](C)NC(=O)NC(=O)CSc1nnc(-c2ccccc2C)n1C. The van der Waals surface area contributed by atoms with Crippen LogP contribution < -0.4 is 10.6 Å². The van der Waals surface area contributed by atoms with Crippen molar-refractivity contribution in [2.75, 3.05) is 5.75 Å². The van der Waals surface area contributed by atoms with Gasteiger partial charge in [0.2, 0.25) is 5.91 Å². The van der Waals surface area contributed by atoms with Gasteiger partial charge in [-0.3, -0.25) is 10.1 Å². The summed E-state index contributed by atoms with van der Waals surface area (Å²) in [4.78, 5) is 23.5. The van der Waals surface area contributed by atoms with Crippen LogP contribution in [0.1, 0.15) is 25.8 Å². The number of aryl methyl sites for hydroxylation is 1. The summed E-state index contributed by atoms with van der Waals surface area (Å²) in [5.74, 6) is 0.468. The Bertz CT molecular complexity index is 759. The Labute approximate surface area is 151 Å². The van der Waals surface area contributed by atoms with Crippen LogP contribution in [0.25, 0.3) is 11.4 Å². The van der Waals surface area contributed by atoms with Crippen LogP contribution in [0.3, 0.4) is 0 Å². The van der Waals surface area contributed by atoms with Crippen LogP contribution in [0, 0.1) is 6.92 Å². The van der Waals surface area contributed by atoms with Crippen LogP contribution >= 0.6 is 11.8 Å². The maximum atomic E-state index is 11.9. The number of nitrogens with zero attached hydrogens (tertiary/aromatic N) is 3. The van der Waals surface area contributed by atoms with Gasteiger partial charge in [0.25, 0.3) is 0 Å². The molecule has 25 heavy (non-hydrogen) atoms. The molecule has 2 rings (SSSR count). The van der Waals surface area contributed by atoms with Crippen molar-refractivity contribution < 1.29 is 9.59 Å². The van der Waals surface area contributed by atoms with E-state index in [9.17, 15) is 9.59 Å². The Morgan fingerprint density at radius 1 is 1.28 bits per heavy atom. The average Bonchev–Trinajstić information content (AvgIpc) is 2.93. The van der Waals surface area contributed by atoms with Gasteiger partial charge >= 0.3 is 6.03 Å². The fourth-order valence-electron chi connectivity index (χ4n) is 2.15. The van der Waals surface area contributed by atoms with Gasteiger partial charge in [0, 0.05) is 18.7 Å². The normalized spacial score (nSPS) is 11.8. The summed E-state index contributed by atoms with van der Waals surface area (Å²) in [6, 6.07) is 7.47. The number of thioether (sulfide) groups is 1. The minimum atomic E-state index is -0.474. The summed E-state index contributed by atoms with van der Waals surface area (Å²) in [5.41, 5.74) is 2.11. The van der Waals surface area contributed by atoms with Gasteiger partial charge in [-0.2, -0.15) is 0 Å². The van der Waals surface area contributed by atoms with E-state index < -0.39 is 6.03 Å². The van der Waals surface area contributed by atoms with E-state index >= 15 is 0 Å². The predicted octanol–water partition coefficient (Wildman–Crippen LogP) is 2.51. The Morgan fingerprint density at radius 3 is 2.68 bits per heavy atom. The molecule has 1 atom stereocenters. The maximum Gasteiger partial charge on any atom is 0.321 e. The molecule has 0 fully saturated rings. The Balaban J connectivity index is 1.95. The van der Waals surface area contributed by atoms with Gasteiger partial charge in [-0.1, -0.05) is 43.0 Å². The number of carbonyl (C=O) groups is 2. The molecule has 0 aliphatic carbocycles. The van der Waals surface area contributed by atoms with Crippen molar-refractivity contribution in [2.45, 2.75) is 38.4 Å². The summed E-state index contributed by atoms with van der Waals surface area (Å²) >= 11 is 1.24. The van der Waals surface area contributed by atoms with Crippen LogP contribution in [0.5, 0.6) is 0 Å². The molecule has 0 radical (unpaired) electrons. The van der Waals surface area contributed by atoms with Gasteiger partial charge in [-0.15, -0.1) is 10.2 Å². The number of carbonyl (C=O) groups excluding carboxylic acids is 2. The zero-order chi connectivity index (χ0) is 18.4. The van der Waals surface area contributed by atoms with E-state index in [1.54, 1.807) is 0 Å². The van der Waals surface area contributed by atoms with E-state index in [-0.39, 0.29) is 17.7 Å². The Hall–Kier alpha value is -2.35. The van der Waals surface area contributed by atoms with E-state index in [2.05, 4.69) is 20.8 Å². The zero-order valence-electron chi connectivity index (χ0n) is 14.9. The molecular weight excluding hydrogens is 338 g/mol. The molecule has 3 amide bonds. The van der Waals surface area contributed by atoms with Gasteiger partial charge in [0.05, 0.1) is 5.75 Å². The summed E-state index contributed by atoms with van der Waals surface area (Å²) in [7, 11) is 1.86. The topological polar surface area (TPSA) is 88.9 Å². The molecule has 0 aliphatic heterocycles. The lowest BCUT2D eigenvalue weighted by Gasteiger charge is -2.11. The summed E-state index contributed by atoms with van der Waals surface area (Å²) in [6.07, 6.45) is 0.803. The van der Waals surface area contributed by atoms with Crippen molar-refractivity contribution in [2.24, 2.45) is 7.05 Å². The molecule has 0 bridgehead atoms. The van der Waals surface area contributed by atoms with Crippen molar-refractivity contribution >= 4 is 23.7 Å². The number of rotatable bonds is 6. The molecule has 0 aliphatic rings. The molecule has 2 N–H and O–H groups in total. The summed E-state index contributed by atoms with van der Waals surface area (Å²) in [5, 5.41) is 14.0. The molecule has 1 aromatic carbocycles. The fourth-order valence-corrected chi connectivity index (χ4v) is 2.86. The first-order chi connectivity index (χ1) is 11.9. The fraction of sp³-hybridized carbons (Fsp3) is 0.412. The van der Waals surface area contributed by atoms with Crippen molar-refractivity contribution in [3.05, 3.63) is 29.8 Å². The summed E-state index contributed by atoms with van der Waals surface area (Å²) < 4.78 is 1.85. The zero-order valence-corrected chi connectivity index (χ0v) is 15.7. The Kier molecular flexibility index (Phi) is 6.58. The van der Waals surface area contributed by atoms with E-state index in [0.29, 0.717) is 5.16 Å². The van der Waals surface area contributed by atoms with E-state index in [0.717, 1.165) is 23.4 Å². The highest BCUT2D eigenvalue weighted by Crippen LogP contribution is 2.24. The molecule has 8 heteroatoms. The number of hydrogen-bond acceptors (Lipinski definition) is 5. The second-order valence-corrected chi connectivity index (χ2v) is 6.74. The van der Waals surface area contributed by atoms with Gasteiger partial charge in [0.1, 0.15) is 0 Å². The first-order valence-electron chi connectivity index (χ1n) is 8.10. The van der Waals surface area contributed by atoms with Gasteiger partial charge in [0.15, 0.2) is 11.0 Å². The molecule has 0 saturated carbocycles. The van der Waals surface area contributed by atoms with Gasteiger partial charge in [-0.25, -0.2) is 4.79 Å². The third-order valence-corrected chi connectivity index (χ3v) is 4.82. The van der Waals surface area contributed by atoms with E-state index in [4.69, 9.17) is 0 Å². The monoisotopic (exact) mass is 361 g/mol. The predicted molar refractivity (Wildman–Crippen MR) is 98.3 cm³/mol. The molecule has 0 saturated heterocycles. The van der Waals surface area contributed by atoms with Crippen molar-refractivity contribution in [1.29, 1.82) is 0 Å². The number of hydrogen-bond donors (Lipinski definition) is 2. The van der Waals surface area contributed by atoms with Crippen LogP contribution in [0.15, 0.2) is 29.4 Å². The quantitative estimate of drug-likeness (QED) is 0.772. The van der Waals surface area contributed by atoms with Crippen LogP contribution in [-0.4, -0.2) is 38.5 Å². The van der Waals surface area contributed by atoms with E-state index in [1.165, 1.54) is 11.8 Å². The molecule has 7 nitrogen and oxygen atoms in total. The number of imide groups is 1. The minimum absolute atomic E-state index is 0.0239. The lowest BCUT2D eigenvalue weighted by atomic mass is 10.1. The van der Waals surface area contributed by atoms with Crippen LogP contribution in [-0.2, 0) is 11.8 Å². The van der Waals surface area contributed by atoms with Gasteiger partial charge in [-0.05, 0) is 25.8 Å². The molecule has 1 aromatic heterocycles. The lowest BCUT2D eigenvalue weighted by molar-refractivity contribution is -0.117. The number of aromatic nitrogens is 3. The van der Waals surface area contributed by atoms with E-state index in [1.807, 2.05) is 56.7 Å². The first kappa shape index (κ1) is 19.0. The Morgan fingerprint density at radius 2 is 2.00 bits per heavy atom. The molecular formula is C17H23N5O2S. The minimum Gasteiger partial charge on any atom is -0.335 e. The van der Waals surface area contributed by atoms with Crippen molar-refractivity contribution in [3.8, 4) is 11.4 Å². The third-order valence-electron chi connectivity index (χ3n) is 3.80. The highest BCUT2D eigenvalue weighted by Gasteiger charge is 2.15. The molecule has 0 spiro atoms. The highest BCUT2D eigenvalue weighted by atomic mass is 32.2. The molecule has 134 valence electrons. The standard InChI is InChI=1S/C17H23N5O2S/c1-5-12(3)18-16(24)19-14(23)10-25-17-21-20-15(22(17)4)13-9-7-6-8-11(13)2/h6-9,12H,5,10H2,1-4H3,(H2,18,19,23,24)/t12-/m1/s1. The number of amides is 3. The van der Waals surface area contributed by atoms with Gasteiger partial charge < -0.3 is 9.88 Å². The van der Waals surface area contributed by atoms with Crippen molar-refractivity contribution in [3.63, 3.8) is 0 Å². The largest absolute Gasteiger partial charge is 0.335 e. The highest BCUT2D eigenvalue weighted by molar-refractivity contribution is 7.99. The second kappa shape index (κ2) is 8.66. The number of benzene rings is 1. The van der Waals surface area contributed by atoms with Crippen molar-refractivity contribution in [1.82, 2.24) is 25.4 Å². The molecule has 0 unspecified atom stereocenters.